The summed E-state index contributed by atoms with van der Waals surface area (Å²) in [6, 6.07) is 0. The summed E-state index contributed by atoms with van der Waals surface area (Å²) >= 11 is 1.43. The van der Waals surface area contributed by atoms with Crippen LogP contribution in [0.3, 0.4) is 0 Å². The molecule has 0 aromatic carbocycles. The highest BCUT2D eigenvalue weighted by molar-refractivity contribution is 7.20. The van der Waals surface area contributed by atoms with Crippen LogP contribution in [0.5, 0.6) is 0 Å². The monoisotopic (exact) mass is 404 g/mol. The highest BCUT2D eigenvalue weighted by atomic mass is 32.1. The third-order valence-corrected chi connectivity index (χ3v) is 6.57. The highest BCUT2D eigenvalue weighted by Gasteiger charge is 2.25. The number of ether oxygens (including phenoxy) is 2. The zero-order chi connectivity index (χ0) is 19.5. The lowest BCUT2D eigenvalue weighted by atomic mass is 10.1. The van der Waals surface area contributed by atoms with E-state index < -0.39 is 0 Å². The van der Waals surface area contributed by atoms with Gasteiger partial charge in [-0.1, -0.05) is 0 Å². The minimum atomic E-state index is -0.262. The van der Waals surface area contributed by atoms with Gasteiger partial charge < -0.3 is 14.4 Å². The summed E-state index contributed by atoms with van der Waals surface area (Å²) in [4.78, 5) is 28.5. The van der Waals surface area contributed by atoms with Crippen molar-refractivity contribution in [2.24, 2.45) is 0 Å². The molecule has 7 nitrogen and oxygen atoms in total. The molecule has 0 atom stereocenters. The van der Waals surface area contributed by atoms with Gasteiger partial charge in [0.2, 0.25) is 0 Å². The van der Waals surface area contributed by atoms with E-state index in [1.54, 1.807) is 0 Å². The second-order valence-corrected chi connectivity index (χ2v) is 8.36. The number of fused-ring (bicyclic) bond motifs is 1. The quantitative estimate of drug-likeness (QED) is 0.710. The van der Waals surface area contributed by atoms with Crippen molar-refractivity contribution < 1.29 is 14.3 Å². The van der Waals surface area contributed by atoms with Crippen molar-refractivity contribution in [2.75, 3.05) is 50.9 Å². The summed E-state index contributed by atoms with van der Waals surface area (Å²) in [5.74, 6) is 1.55. The Bertz CT molecular complexity index is 842. The third-order valence-electron chi connectivity index (χ3n) is 5.40. The molecule has 2 saturated heterocycles. The van der Waals surface area contributed by atoms with Crippen molar-refractivity contribution in [2.45, 2.75) is 39.7 Å². The fraction of sp³-hybridized carbons (Fsp3) is 0.650. The second-order valence-electron chi connectivity index (χ2n) is 7.36. The lowest BCUT2D eigenvalue weighted by Crippen LogP contribution is -2.36. The van der Waals surface area contributed by atoms with E-state index in [9.17, 15) is 4.79 Å². The fourth-order valence-electron chi connectivity index (χ4n) is 3.92. The molecule has 2 aromatic rings. The van der Waals surface area contributed by atoms with Gasteiger partial charge in [-0.05, 0) is 38.7 Å². The van der Waals surface area contributed by atoms with Gasteiger partial charge in [-0.2, -0.15) is 0 Å². The van der Waals surface area contributed by atoms with Crippen LogP contribution in [0.15, 0.2) is 0 Å². The molecule has 0 spiro atoms. The lowest BCUT2D eigenvalue weighted by Gasteiger charge is -2.29. The third kappa shape index (κ3) is 3.99. The molecule has 4 rings (SSSR count). The molecule has 0 saturated carbocycles. The van der Waals surface area contributed by atoms with E-state index in [0.717, 1.165) is 66.8 Å². The Labute approximate surface area is 169 Å². The van der Waals surface area contributed by atoms with Crippen molar-refractivity contribution in [1.29, 1.82) is 0 Å². The lowest BCUT2D eigenvalue weighted by molar-refractivity contribution is 0.0331. The first kappa shape index (κ1) is 19.5. The van der Waals surface area contributed by atoms with E-state index in [0.29, 0.717) is 18.0 Å². The molecular weight excluding hydrogens is 376 g/mol. The number of morpholine rings is 1. The number of aromatic nitrogens is 2. The largest absolute Gasteiger partial charge is 0.462 e. The molecule has 0 amide bonds. The Kier molecular flexibility index (Phi) is 6.08. The standard InChI is InChI=1S/C20H28N4O3S/c1-3-27-20(25)17-14(2)16-18(24-7-5-4-6-8-24)21-15(22-19(16)28-17)13-23-9-11-26-12-10-23/h3-13H2,1-2H3. The van der Waals surface area contributed by atoms with Crippen LogP contribution < -0.4 is 4.90 Å². The van der Waals surface area contributed by atoms with Gasteiger partial charge in [0.1, 0.15) is 21.3 Å². The number of thiophene rings is 1. The molecule has 8 heteroatoms. The molecular formula is C20H28N4O3S. The maximum Gasteiger partial charge on any atom is 0.348 e. The van der Waals surface area contributed by atoms with Crippen molar-refractivity contribution in [1.82, 2.24) is 14.9 Å². The van der Waals surface area contributed by atoms with Crippen LogP contribution in [0.1, 0.15) is 47.2 Å². The predicted octanol–water partition coefficient (Wildman–Crippen LogP) is 3.00. The number of nitrogens with zero attached hydrogens (tertiary/aromatic N) is 4. The zero-order valence-corrected chi connectivity index (χ0v) is 17.5. The predicted molar refractivity (Wildman–Crippen MR) is 110 cm³/mol. The number of carbonyl (C=O) groups excluding carboxylic acids is 1. The molecule has 4 heterocycles. The summed E-state index contributed by atoms with van der Waals surface area (Å²) in [7, 11) is 0. The Balaban J connectivity index is 1.75. The number of esters is 1. The average Bonchev–Trinajstić information content (AvgIpc) is 3.06. The van der Waals surface area contributed by atoms with Crippen LogP contribution in [-0.4, -0.2) is 66.8 Å². The minimum Gasteiger partial charge on any atom is -0.462 e. The molecule has 0 radical (unpaired) electrons. The molecule has 152 valence electrons. The summed E-state index contributed by atoms with van der Waals surface area (Å²) in [6.45, 7) is 10.2. The van der Waals surface area contributed by atoms with Gasteiger partial charge in [-0.15, -0.1) is 11.3 Å². The molecule has 2 fully saturated rings. The van der Waals surface area contributed by atoms with E-state index in [1.807, 2.05) is 13.8 Å². The Morgan fingerprint density at radius 3 is 2.61 bits per heavy atom. The molecule has 0 N–H and O–H groups in total. The number of hydrogen-bond acceptors (Lipinski definition) is 8. The topological polar surface area (TPSA) is 67.8 Å². The molecule has 2 aliphatic heterocycles. The molecule has 2 aliphatic rings. The summed E-state index contributed by atoms with van der Waals surface area (Å²) in [6.07, 6.45) is 3.62. The maximum atomic E-state index is 12.4. The van der Waals surface area contributed by atoms with Crippen molar-refractivity contribution in [3.63, 3.8) is 0 Å². The maximum absolute atomic E-state index is 12.4. The highest BCUT2D eigenvalue weighted by Crippen LogP contribution is 2.37. The summed E-state index contributed by atoms with van der Waals surface area (Å²) < 4.78 is 10.7. The van der Waals surface area contributed by atoms with Crippen LogP contribution in [0.2, 0.25) is 0 Å². The summed E-state index contributed by atoms with van der Waals surface area (Å²) in [5, 5.41) is 1.01. The van der Waals surface area contributed by atoms with E-state index in [2.05, 4.69) is 9.80 Å². The number of rotatable bonds is 5. The van der Waals surface area contributed by atoms with Gasteiger partial charge in [-0.3, -0.25) is 4.90 Å². The van der Waals surface area contributed by atoms with Crippen LogP contribution in [0.4, 0.5) is 5.82 Å². The van der Waals surface area contributed by atoms with Crippen LogP contribution >= 0.6 is 11.3 Å². The summed E-state index contributed by atoms with van der Waals surface area (Å²) in [5.41, 5.74) is 0.942. The fourth-order valence-corrected chi connectivity index (χ4v) is 5.00. The first-order chi connectivity index (χ1) is 13.7. The van der Waals surface area contributed by atoms with Gasteiger partial charge in [0, 0.05) is 26.2 Å². The Morgan fingerprint density at radius 2 is 1.89 bits per heavy atom. The zero-order valence-electron chi connectivity index (χ0n) is 16.7. The second kappa shape index (κ2) is 8.71. The van der Waals surface area contributed by atoms with Gasteiger partial charge in [0.05, 0.1) is 31.8 Å². The van der Waals surface area contributed by atoms with Crippen molar-refractivity contribution >= 4 is 33.3 Å². The van der Waals surface area contributed by atoms with Crippen molar-refractivity contribution in [3.8, 4) is 0 Å². The number of aryl methyl sites for hydroxylation is 1. The van der Waals surface area contributed by atoms with Crippen LogP contribution in [0, 0.1) is 6.92 Å². The number of hydrogen-bond donors (Lipinski definition) is 0. The van der Waals surface area contributed by atoms with Crippen molar-refractivity contribution in [3.05, 3.63) is 16.3 Å². The molecule has 0 aliphatic carbocycles. The normalized spacial score (nSPS) is 18.6. The van der Waals surface area contributed by atoms with Gasteiger partial charge >= 0.3 is 5.97 Å². The molecule has 0 bridgehead atoms. The number of carbonyl (C=O) groups is 1. The Hall–Kier alpha value is -1.77. The smallest absolute Gasteiger partial charge is 0.348 e. The van der Waals surface area contributed by atoms with Crippen LogP contribution in [0.25, 0.3) is 10.2 Å². The molecule has 2 aromatic heterocycles. The van der Waals surface area contributed by atoms with Gasteiger partial charge in [0.25, 0.3) is 0 Å². The van der Waals surface area contributed by atoms with Gasteiger partial charge in [0.15, 0.2) is 0 Å². The minimum absolute atomic E-state index is 0.262. The first-order valence-corrected chi connectivity index (χ1v) is 11.0. The van der Waals surface area contributed by atoms with E-state index >= 15 is 0 Å². The van der Waals surface area contributed by atoms with Gasteiger partial charge in [-0.25, -0.2) is 14.8 Å². The van der Waals surface area contributed by atoms with E-state index in [4.69, 9.17) is 19.4 Å². The van der Waals surface area contributed by atoms with E-state index in [1.165, 1.54) is 30.6 Å². The SMILES string of the molecule is CCOC(=O)c1sc2nc(CN3CCOCC3)nc(N3CCCCC3)c2c1C. The average molecular weight is 405 g/mol. The molecule has 28 heavy (non-hydrogen) atoms. The number of anilines is 1. The Morgan fingerprint density at radius 1 is 1.14 bits per heavy atom. The van der Waals surface area contributed by atoms with Crippen LogP contribution in [-0.2, 0) is 16.0 Å². The molecule has 0 unspecified atom stereocenters. The first-order valence-electron chi connectivity index (χ1n) is 10.2. The van der Waals surface area contributed by atoms with E-state index in [-0.39, 0.29) is 5.97 Å². The number of piperidine rings is 1.